The molecule has 1 aromatic carbocycles. The molecule has 1 fully saturated rings. The quantitative estimate of drug-likeness (QED) is 0.789. The van der Waals surface area contributed by atoms with E-state index < -0.39 is 5.54 Å². The van der Waals surface area contributed by atoms with E-state index in [4.69, 9.17) is 5.73 Å². The monoisotopic (exact) mass is 332 g/mol. The van der Waals surface area contributed by atoms with Crippen LogP contribution in [0.1, 0.15) is 33.6 Å². The predicted molar refractivity (Wildman–Crippen MR) is 95.6 cm³/mol. The van der Waals surface area contributed by atoms with Crippen molar-refractivity contribution in [3.8, 4) is 0 Å². The zero-order valence-corrected chi connectivity index (χ0v) is 14.7. The summed E-state index contributed by atoms with van der Waals surface area (Å²) in [6.45, 7) is 6.86. The van der Waals surface area contributed by atoms with Gasteiger partial charge in [0.2, 0.25) is 5.91 Å². The number of nitrogens with one attached hydrogen (secondary N) is 2. The van der Waals surface area contributed by atoms with E-state index in [0.29, 0.717) is 24.7 Å². The number of rotatable bonds is 4. The van der Waals surface area contributed by atoms with Crippen molar-refractivity contribution in [1.82, 2.24) is 10.2 Å². The number of hydrogen-bond acceptors (Lipinski definition) is 3. The first-order chi connectivity index (χ1) is 11.3. The van der Waals surface area contributed by atoms with Crippen molar-refractivity contribution in [2.45, 2.75) is 45.2 Å². The summed E-state index contributed by atoms with van der Waals surface area (Å²) in [5, 5.41) is 5.51. The molecule has 2 rings (SSSR count). The van der Waals surface area contributed by atoms with E-state index in [1.165, 1.54) is 0 Å². The number of hydrogen-bond donors (Lipinski definition) is 3. The third-order valence-electron chi connectivity index (χ3n) is 4.56. The zero-order chi connectivity index (χ0) is 17.7. The van der Waals surface area contributed by atoms with Gasteiger partial charge in [-0.3, -0.25) is 4.79 Å². The number of carbonyl (C=O) groups is 2. The molecule has 1 heterocycles. The molecule has 1 unspecified atom stereocenters. The number of para-hydroxylation sites is 1. The van der Waals surface area contributed by atoms with Crippen LogP contribution >= 0.6 is 0 Å². The fourth-order valence-corrected chi connectivity index (χ4v) is 3.04. The first-order valence-electron chi connectivity index (χ1n) is 8.49. The van der Waals surface area contributed by atoms with Crippen LogP contribution in [-0.2, 0) is 4.79 Å². The Balaban J connectivity index is 1.89. The van der Waals surface area contributed by atoms with E-state index in [1.54, 1.807) is 26.0 Å². The molecule has 0 aliphatic carbocycles. The summed E-state index contributed by atoms with van der Waals surface area (Å²) >= 11 is 0. The lowest BCUT2D eigenvalue weighted by molar-refractivity contribution is -0.138. The Hall–Kier alpha value is -2.08. The zero-order valence-electron chi connectivity index (χ0n) is 14.7. The lowest BCUT2D eigenvalue weighted by atomic mass is 9.90. The first kappa shape index (κ1) is 18.3. The molecule has 6 nitrogen and oxygen atoms in total. The van der Waals surface area contributed by atoms with Crippen molar-refractivity contribution >= 4 is 17.6 Å². The number of likely N-dealkylation sites (tertiary alicyclic amines) is 1. The Labute approximate surface area is 143 Å². The standard InChI is InChI=1S/C18H28N4O2/c1-13(19)14-9-11-22(12-10-14)16(23)18(2,3)21-17(24)20-15-7-5-4-6-8-15/h4-8,13-14H,9-12,19H2,1-3H3,(H2,20,21,24). The van der Waals surface area contributed by atoms with Gasteiger partial charge in [-0.25, -0.2) is 4.79 Å². The van der Waals surface area contributed by atoms with E-state index in [-0.39, 0.29) is 18.0 Å². The van der Waals surface area contributed by atoms with Gasteiger partial charge in [-0.2, -0.15) is 0 Å². The van der Waals surface area contributed by atoms with Gasteiger partial charge in [-0.05, 0) is 51.7 Å². The fourth-order valence-electron chi connectivity index (χ4n) is 3.04. The maximum absolute atomic E-state index is 12.7. The van der Waals surface area contributed by atoms with Crippen LogP contribution < -0.4 is 16.4 Å². The molecule has 1 saturated heterocycles. The highest BCUT2D eigenvalue weighted by molar-refractivity contribution is 5.95. The van der Waals surface area contributed by atoms with Gasteiger partial charge in [0.25, 0.3) is 0 Å². The van der Waals surface area contributed by atoms with E-state index >= 15 is 0 Å². The van der Waals surface area contributed by atoms with Gasteiger partial charge in [-0.1, -0.05) is 18.2 Å². The number of piperidine rings is 1. The minimum atomic E-state index is -0.958. The van der Waals surface area contributed by atoms with Gasteiger partial charge >= 0.3 is 6.03 Å². The smallest absolute Gasteiger partial charge is 0.320 e. The maximum Gasteiger partial charge on any atom is 0.320 e. The summed E-state index contributed by atoms with van der Waals surface area (Å²) in [5.74, 6) is 0.403. The summed E-state index contributed by atoms with van der Waals surface area (Å²) in [4.78, 5) is 26.7. The number of urea groups is 1. The molecule has 1 aliphatic heterocycles. The summed E-state index contributed by atoms with van der Waals surface area (Å²) in [5.41, 5.74) is 5.68. The third kappa shape index (κ3) is 4.71. The Morgan fingerprint density at radius 1 is 1.21 bits per heavy atom. The molecule has 24 heavy (non-hydrogen) atoms. The van der Waals surface area contributed by atoms with Crippen molar-refractivity contribution in [1.29, 1.82) is 0 Å². The van der Waals surface area contributed by atoms with Gasteiger partial charge in [0.15, 0.2) is 0 Å². The Bertz CT molecular complexity index is 564. The number of amides is 3. The molecule has 1 atom stereocenters. The average Bonchev–Trinajstić information content (AvgIpc) is 2.54. The van der Waals surface area contributed by atoms with Crippen molar-refractivity contribution in [2.75, 3.05) is 18.4 Å². The number of carbonyl (C=O) groups excluding carboxylic acids is 2. The van der Waals surface area contributed by atoms with E-state index in [9.17, 15) is 9.59 Å². The second-order valence-electron chi connectivity index (χ2n) is 7.06. The molecule has 0 aromatic heterocycles. The van der Waals surface area contributed by atoms with Crippen molar-refractivity contribution in [2.24, 2.45) is 11.7 Å². The summed E-state index contributed by atoms with van der Waals surface area (Å²) in [6, 6.07) is 8.93. The lowest BCUT2D eigenvalue weighted by Gasteiger charge is -2.38. The van der Waals surface area contributed by atoms with Gasteiger partial charge in [0.1, 0.15) is 5.54 Å². The van der Waals surface area contributed by atoms with Crippen molar-refractivity contribution < 1.29 is 9.59 Å². The van der Waals surface area contributed by atoms with Crippen molar-refractivity contribution in [3.05, 3.63) is 30.3 Å². The van der Waals surface area contributed by atoms with Crippen LogP contribution in [0.2, 0.25) is 0 Å². The number of nitrogens with two attached hydrogens (primary N) is 1. The van der Waals surface area contributed by atoms with Crippen LogP contribution in [0.3, 0.4) is 0 Å². The van der Waals surface area contributed by atoms with E-state index in [2.05, 4.69) is 10.6 Å². The van der Waals surface area contributed by atoms with Gasteiger partial charge < -0.3 is 21.3 Å². The average molecular weight is 332 g/mol. The molecule has 132 valence electrons. The predicted octanol–water partition coefficient (Wildman–Crippen LogP) is 2.17. The second kappa shape index (κ2) is 7.66. The largest absolute Gasteiger partial charge is 0.341 e. The number of nitrogens with zero attached hydrogens (tertiary/aromatic N) is 1. The van der Waals surface area contributed by atoms with Gasteiger partial charge in [-0.15, -0.1) is 0 Å². The van der Waals surface area contributed by atoms with Crippen LogP contribution in [0, 0.1) is 5.92 Å². The summed E-state index contributed by atoms with van der Waals surface area (Å²) in [6.07, 6.45) is 1.82. The normalized spacial score (nSPS) is 17.2. The van der Waals surface area contributed by atoms with Crippen molar-refractivity contribution in [3.63, 3.8) is 0 Å². The molecule has 4 N–H and O–H groups in total. The molecule has 0 spiro atoms. The SMILES string of the molecule is CC(N)C1CCN(C(=O)C(C)(C)NC(=O)Nc2ccccc2)CC1. The van der Waals surface area contributed by atoms with E-state index in [1.807, 2.05) is 30.0 Å². The van der Waals surface area contributed by atoms with Crippen LogP contribution in [0.4, 0.5) is 10.5 Å². The molecule has 3 amide bonds. The van der Waals surface area contributed by atoms with Crippen LogP contribution in [-0.4, -0.2) is 41.5 Å². The number of anilines is 1. The summed E-state index contributed by atoms with van der Waals surface area (Å²) in [7, 11) is 0. The molecule has 0 bridgehead atoms. The summed E-state index contributed by atoms with van der Waals surface area (Å²) < 4.78 is 0. The minimum Gasteiger partial charge on any atom is -0.341 e. The molecule has 1 aromatic rings. The Morgan fingerprint density at radius 2 is 1.79 bits per heavy atom. The maximum atomic E-state index is 12.7. The topological polar surface area (TPSA) is 87.5 Å². The Kier molecular flexibility index (Phi) is 5.83. The number of benzene rings is 1. The highest BCUT2D eigenvalue weighted by Crippen LogP contribution is 2.22. The minimum absolute atomic E-state index is 0.0613. The molecule has 1 aliphatic rings. The Morgan fingerprint density at radius 3 is 2.33 bits per heavy atom. The molecular weight excluding hydrogens is 304 g/mol. The fraction of sp³-hybridized carbons (Fsp3) is 0.556. The molecular formula is C18H28N4O2. The third-order valence-corrected chi connectivity index (χ3v) is 4.56. The molecule has 6 heteroatoms. The van der Waals surface area contributed by atoms with Gasteiger partial charge in [0, 0.05) is 24.8 Å². The molecule has 0 radical (unpaired) electrons. The van der Waals surface area contributed by atoms with E-state index in [0.717, 1.165) is 12.8 Å². The van der Waals surface area contributed by atoms with Crippen LogP contribution in [0.5, 0.6) is 0 Å². The van der Waals surface area contributed by atoms with Gasteiger partial charge in [0.05, 0.1) is 0 Å². The lowest BCUT2D eigenvalue weighted by Crippen LogP contribution is -2.58. The molecule has 0 saturated carbocycles. The highest BCUT2D eigenvalue weighted by Gasteiger charge is 2.35. The first-order valence-corrected chi connectivity index (χ1v) is 8.49. The van der Waals surface area contributed by atoms with Crippen LogP contribution in [0.15, 0.2) is 30.3 Å². The van der Waals surface area contributed by atoms with Crippen LogP contribution in [0.25, 0.3) is 0 Å². The highest BCUT2D eigenvalue weighted by atomic mass is 16.2. The second-order valence-corrected chi connectivity index (χ2v) is 7.06.